The number of rotatable bonds is 8. The second kappa shape index (κ2) is 7.95. The van der Waals surface area contributed by atoms with Gasteiger partial charge in [0.25, 0.3) is 0 Å². The summed E-state index contributed by atoms with van der Waals surface area (Å²) in [7, 11) is -5.13. The maximum Gasteiger partial charge on any atom is 0.218 e. The van der Waals surface area contributed by atoms with Crippen LogP contribution in [-0.4, -0.2) is 87.3 Å². The van der Waals surface area contributed by atoms with Crippen molar-refractivity contribution in [1.82, 2.24) is 0 Å². The normalized spacial score (nSPS) is 33.6. The van der Waals surface area contributed by atoms with Crippen molar-refractivity contribution < 1.29 is 47.8 Å². The molecular formula is C11H21O10S-. The Morgan fingerprint density at radius 1 is 1.18 bits per heavy atom. The van der Waals surface area contributed by atoms with Crippen molar-refractivity contribution in [1.29, 1.82) is 0 Å². The lowest BCUT2D eigenvalue weighted by Gasteiger charge is -2.29. The van der Waals surface area contributed by atoms with E-state index >= 15 is 0 Å². The molecule has 7 atom stereocenters. The van der Waals surface area contributed by atoms with Gasteiger partial charge in [-0.2, -0.15) is 0 Å². The average molecular weight is 345 g/mol. The van der Waals surface area contributed by atoms with Gasteiger partial charge in [0, 0.05) is 5.92 Å². The van der Waals surface area contributed by atoms with Crippen molar-refractivity contribution >= 4 is 10.4 Å². The summed E-state index contributed by atoms with van der Waals surface area (Å²) in [5.74, 6) is -1.62. The van der Waals surface area contributed by atoms with Crippen LogP contribution in [0.5, 0.6) is 0 Å². The minimum Gasteiger partial charge on any atom is -0.726 e. The molecule has 0 unspecified atom stereocenters. The fourth-order valence-electron chi connectivity index (χ4n) is 2.89. The molecule has 0 amide bonds. The molecule has 0 aromatic rings. The Bertz CT molecular complexity index is 440. The molecule has 11 heteroatoms. The van der Waals surface area contributed by atoms with Gasteiger partial charge in [-0.05, 0) is 18.8 Å². The van der Waals surface area contributed by atoms with E-state index in [0.29, 0.717) is 0 Å². The zero-order valence-corrected chi connectivity index (χ0v) is 12.4. The summed E-state index contributed by atoms with van der Waals surface area (Å²) in [4.78, 5) is 0. The molecule has 0 aliphatic heterocycles. The third-order valence-electron chi connectivity index (χ3n) is 3.90. The van der Waals surface area contributed by atoms with E-state index in [-0.39, 0.29) is 12.8 Å². The lowest BCUT2D eigenvalue weighted by molar-refractivity contribution is -0.0563. The smallest absolute Gasteiger partial charge is 0.218 e. The van der Waals surface area contributed by atoms with Gasteiger partial charge in [-0.3, -0.25) is 4.18 Å². The van der Waals surface area contributed by atoms with Crippen LogP contribution in [0.4, 0.5) is 0 Å². The maximum absolute atomic E-state index is 10.5. The van der Waals surface area contributed by atoms with Gasteiger partial charge in [-0.25, -0.2) is 8.42 Å². The molecule has 1 fully saturated rings. The minimum atomic E-state index is -5.13. The van der Waals surface area contributed by atoms with Gasteiger partial charge in [0.15, 0.2) is 0 Å². The lowest BCUT2D eigenvalue weighted by Crippen LogP contribution is -2.40. The molecule has 0 aromatic carbocycles. The molecule has 132 valence electrons. The molecule has 6 N–H and O–H groups in total. The van der Waals surface area contributed by atoms with Crippen LogP contribution in [-0.2, 0) is 14.6 Å². The zero-order chi connectivity index (χ0) is 17.1. The van der Waals surface area contributed by atoms with Gasteiger partial charge >= 0.3 is 0 Å². The third-order valence-corrected chi connectivity index (χ3v) is 4.39. The van der Waals surface area contributed by atoms with E-state index < -0.39 is 66.0 Å². The molecule has 1 aliphatic carbocycles. The molecule has 1 saturated carbocycles. The molecule has 1 rings (SSSR count). The summed E-state index contributed by atoms with van der Waals surface area (Å²) in [5.41, 5.74) is 0. The quantitative estimate of drug-likeness (QED) is 0.188. The van der Waals surface area contributed by atoms with Crippen LogP contribution in [0.1, 0.15) is 12.8 Å². The van der Waals surface area contributed by atoms with Crippen LogP contribution in [0.25, 0.3) is 0 Å². The van der Waals surface area contributed by atoms with Crippen LogP contribution in [0, 0.1) is 11.8 Å². The van der Waals surface area contributed by atoms with E-state index in [4.69, 9.17) is 10.2 Å². The highest BCUT2D eigenvalue weighted by Crippen LogP contribution is 2.38. The average Bonchev–Trinajstić information content (AvgIpc) is 2.69. The fourth-order valence-corrected chi connectivity index (χ4v) is 3.38. The van der Waals surface area contributed by atoms with Gasteiger partial charge in [-0.1, -0.05) is 0 Å². The summed E-state index contributed by atoms with van der Waals surface area (Å²) in [6.07, 6.45) is -7.38. The Hall–Kier alpha value is -0.370. The summed E-state index contributed by atoms with van der Waals surface area (Å²) in [5, 5.41) is 56.9. The monoisotopic (exact) mass is 345 g/mol. The largest absolute Gasteiger partial charge is 0.726 e. The Morgan fingerprint density at radius 2 is 1.77 bits per heavy atom. The van der Waals surface area contributed by atoms with E-state index in [1.54, 1.807) is 0 Å². The van der Waals surface area contributed by atoms with Gasteiger partial charge in [0.2, 0.25) is 10.4 Å². The molecule has 0 aromatic heterocycles. The van der Waals surface area contributed by atoms with Crippen molar-refractivity contribution in [3.8, 4) is 0 Å². The zero-order valence-electron chi connectivity index (χ0n) is 11.6. The van der Waals surface area contributed by atoms with Crippen molar-refractivity contribution in [2.24, 2.45) is 11.8 Å². The number of aliphatic hydroxyl groups is 6. The topological polar surface area (TPSA) is 188 Å². The molecule has 0 radical (unpaired) electrons. The van der Waals surface area contributed by atoms with Crippen molar-refractivity contribution in [2.75, 3.05) is 13.2 Å². The Kier molecular flexibility index (Phi) is 7.11. The summed E-state index contributed by atoms with van der Waals surface area (Å²) in [6.45, 7) is -1.61. The molecule has 10 nitrogen and oxygen atoms in total. The molecule has 0 bridgehead atoms. The van der Waals surface area contributed by atoms with Gasteiger partial charge in [0.05, 0.1) is 37.6 Å². The third kappa shape index (κ3) is 5.08. The predicted molar refractivity (Wildman–Crippen MR) is 69.0 cm³/mol. The van der Waals surface area contributed by atoms with Crippen LogP contribution >= 0.6 is 0 Å². The number of hydrogen-bond donors (Lipinski definition) is 6. The van der Waals surface area contributed by atoms with Crippen LogP contribution in [0.3, 0.4) is 0 Å². The first kappa shape index (κ1) is 19.7. The first-order chi connectivity index (χ1) is 10.1. The van der Waals surface area contributed by atoms with Gasteiger partial charge in [0.1, 0.15) is 6.10 Å². The second-order valence-corrected chi connectivity index (χ2v) is 6.42. The van der Waals surface area contributed by atoms with Crippen molar-refractivity contribution in [3.05, 3.63) is 0 Å². The van der Waals surface area contributed by atoms with E-state index in [0.717, 1.165) is 0 Å². The number of hydrogen-bond acceptors (Lipinski definition) is 10. The first-order valence-corrected chi connectivity index (χ1v) is 8.02. The Labute approximate surface area is 127 Å². The predicted octanol–water partition coefficient (Wildman–Crippen LogP) is -3.71. The molecule has 0 saturated heterocycles. The molecule has 1 aliphatic rings. The molecule has 0 spiro atoms. The Morgan fingerprint density at radius 3 is 2.23 bits per heavy atom. The SMILES string of the molecule is O=S(=O)([O-])O[C@H](CO)[C@H](O)C[C@@H]1C[C@H](O)[C@H](O)[C@H]1[C@H](O)CO. The van der Waals surface area contributed by atoms with Crippen molar-refractivity contribution in [3.63, 3.8) is 0 Å². The van der Waals surface area contributed by atoms with E-state index in [1.807, 2.05) is 0 Å². The fraction of sp³-hybridized carbons (Fsp3) is 1.00. The summed E-state index contributed by atoms with van der Waals surface area (Å²) >= 11 is 0. The van der Waals surface area contributed by atoms with E-state index in [9.17, 15) is 33.4 Å². The Balaban J connectivity index is 2.77. The molecule has 22 heavy (non-hydrogen) atoms. The van der Waals surface area contributed by atoms with Crippen LogP contribution < -0.4 is 0 Å². The van der Waals surface area contributed by atoms with E-state index in [2.05, 4.69) is 4.18 Å². The van der Waals surface area contributed by atoms with Crippen LogP contribution in [0.2, 0.25) is 0 Å². The maximum atomic E-state index is 10.5. The number of aliphatic hydroxyl groups excluding tert-OH is 6. The van der Waals surface area contributed by atoms with Crippen LogP contribution in [0.15, 0.2) is 0 Å². The lowest BCUT2D eigenvalue weighted by atomic mass is 9.85. The minimum absolute atomic E-state index is 0.0117. The van der Waals surface area contributed by atoms with Gasteiger partial charge in [-0.15, -0.1) is 0 Å². The molecular weight excluding hydrogens is 324 g/mol. The summed E-state index contributed by atoms with van der Waals surface area (Å²) in [6, 6.07) is 0. The first-order valence-electron chi connectivity index (χ1n) is 6.68. The standard InChI is InChI=1S/C11H22O10S/c12-3-8(16)10-5(2-7(15)11(10)17)1-6(14)9(4-13)21-22(18,19)20/h5-17H,1-4H2,(H,18,19,20)/p-1/t5-,6-,7+,8-,9-,10-,11+/m1/s1. The second-order valence-electron chi connectivity index (χ2n) is 5.41. The highest BCUT2D eigenvalue weighted by molar-refractivity contribution is 7.80. The van der Waals surface area contributed by atoms with E-state index in [1.165, 1.54) is 0 Å². The highest BCUT2D eigenvalue weighted by atomic mass is 32.3. The summed E-state index contributed by atoms with van der Waals surface area (Å²) < 4.78 is 35.6. The van der Waals surface area contributed by atoms with Gasteiger partial charge < -0.3 is 35.2 Å². The van der Waals surface area contributed by atoms with Crippen molar-refractivity contribution in [2.45, 2.75) is 43.4 Å². The highest BCUT2D eigenvalue weighted by Gasteiger charge is 2.46. The molecule has 0 heterocycles.